The quantitative estimate of drug-likeness (QED) is 0.0717. The molecule has 19 heteroatoms. The van der Waals surface area contributed by atoms with E-state index in [-0.39, 0.29) is 83.4 Å². The summed E-state index contributed by atoms with van der Waals surface area (Å²) >= 11 is 0. The van der Waals surface area contributed by atoms with Crippen LogP contribution >= 0.6 is 0 Å². The second kappa shape index (κ2) is 23.0. The summed E-state index contributed by atoms with van der Waals surface area (Å²) in [5.74, 6) is -1.60. The number of pyridine rings is 1. The first-order valence-electron chi connectivity index (χ1n) is 30.7. The fraction of sp³-hybridized carbons (Fsp3) is 0.441. The maximum atomic E-state index is 17.4. The SMILES string of the molecule is CCc1c(F)ccc2cc(O)cc(-c3ncc4c(N5CC6CCC(C5)N6)nc(OCC5(CN6CCC[C@H](Oc7cccc8c7CN([C@H](C(=O)N7C[C@H](O)C[C@H]7C(=O)N[C@@H](C)c7ccc(-c9ccccc9F)cc7)C(C)(C)C)C8=O)C6)CC5)nc4c3F)c12. The van der Waals surface area contributed by atoms with Crippen LogP contribution in [0.1, 0.15) is 113 Å². The number of rotatable bonds is 16. The van der Waals surface area contributed by atoms with Crippen molar-refractivity contribution in [2.24, 2.45) is 10.8 Å². The van der Waals surface area contributed by atoms with E-state index in [1.807, 2.05) is 52.8 Å². The molecule has 2 bridgehead atoms. The molecule has 2 unspecified atom stereocenters. The minimum Gasteiger partial charge on any atom is -0.508 e. The van der Waals surface area contributed by atoms with Crippen molar-refractivity contribution in [2.75, 3.05) is 50.8 Å². The number of nitrogens with one attached hydrogen (secondary N) is 2. The lowest BCUT2D eigenvalue weighted by Gasteiger charge is -2.40. The van der Waals surface area contributed by atoms with Gasteiger partial charge in [0.15, 0.2) is 5.82 Å². The Bertz CT molecular complexity index is 3830. The van der Waals surface area contributed by atoms with E-state index in [4.69, 9.17) is 19.4 Å². The molecule has 3 amide bonds. The van der Waals surface area contributed by atoms with Crippen molar-refractivity contribution >= 4 is 45.2 Å². The van der Waals surface area contributed by atoms with Gasteiger partial charge in [-0.15, -0.1) is 0 Å². The monoisotopic (exact) mass is 1190 g/mol. The van der Waals surface area contributed by atoms with E-state index in [0.29, 0.717) is 88.2 Å². The molecule has 7 heterocycles. The summed E-state index contributed by atoms with van der Waals surface area (Å²) in [6.07, 6.45) is 6.36. The first-order chi connectivity index (χ1) is 41.8. The minimum absolute atomic E-state index is 0.0325. The number of piperidine rings is 1. The van der Waals surface area contributed by atoms with Crippen molar-refractivity contribution in [3.05, 3.63) is 137 Å². The lowest BCUT2D eigenvalue weighted by atomic mass is 9.84. The molecule has 0 radical (unpaired) electrons. The van der Waals surface area contributed by atoms with Crippen molar-refractivity contribution in [1.82, 2.24) is 40.3 Å². The summed E-state index contributed by atoms with van der Waals surface area (Å²) in [7, 11) is 0. The normalized spacial score (nSPS) is 22.4. The molecule has 1 saturated carbocycles. The highest BCUT2D eigenvalue weighted by atomic mass is 19.1. The van der Waals surface area contributed by atoms with E-state index in [1.165, 1.54) is 23.1 Å². The number of nitrogens with zero attached hydrogens (tertiary/aromatic N) is 7. The van der Waals surface area contributed by atoms with Crippen LogP contribution in [-0.2, 0) is 22.6 Å². The number of aromatic hydroxyl groups is 1. The number of amides is 3. The van der Waals surface area contributed by atoms with Crippen LogP contribution in [0.4, 0.5) is 19.0 Å². The lowest BCUT2D eigenvalue weighted by Crippen LogP contribution is -2.58. The molecule has 5 aliphatic heterocycles. The highest BCUT2D eigenvalue weighted by Gasteiger charge is 2.50. The number of hydrogen-bond donors (Lipinski definition) is 4. The predicted octanol–water partition coefficient (Wildman–Crippen LogP) is 10.0. The average molecular weight is 1190 g/mol. The van der Waals surface area contributed by atoms with Crippen LogP contribution in [0.2, 0.25) is 0 Å². The van der Waals surface area contributed by atoms with Crippen LogP contribution in [0.5, 0.6) is 17.5 Å². The zero-order valence-electron chi connectivity index (χ0n) is 49.8. The number of halogens is 3. The topological polar surface area (TPSA) is 186 Å². The Kier molecular flexibility index (Phi) is 15.4. The van der Waals surface area contributed by atoms with Crippen molar-refractivity contribution in [2.45, 2.75) is 135 Å². The van der Waals surface area contributed by atoms with E-state index in [9.17, 15) is 29.0 Å². The third-order valence-corrected chi connectivity index (χ3v) is 18.8. The van der Waals surface area contributed by atoms with Crippen molar-refractivity contribution in [1.29, 1.82) is 0 Å². The number of carbonyl (C=O) groups is 3. The molecule has 4 N–H and O–H groups in total. The second-order valence-electron chi connectivity index (χ2n) is 26.1. The molecule has 16 nitrogen and oxygen atoms in total. The molecule has 13 rings (SSSR count). The maximum Gasteiger partial charge on any atom is 0.319 e. The molecule has 7 aromatic rings. The summed E-state index contributed by atoms with van der Waals surface area (Å²) in [5, 5.41) is 30.1. The number of β-amino-alcohol motifs (C(OH)–C–C–N with tert-alkyl or cyclic N) is 1. The fourth-order valence-corrected chi connectivity index (χ4v) is 14.3. The Hall–Kier alpha value is -7.87. The number of aromatic nitrogens is 3. The van der Waals surface area contributed by atoms with Crippen molar-refractivity contribution in [3.63, 3.8) is 0 Å². The highest BCUT2D eigenvalue weighted by molar-refractivity contribution is 6.03. The molecule has 0 spiro atoms. The number of ether oxygens (including phenoxy) is 2. The van der Waals surface area contributed by atoms with Crippen molar-refractivity contribution in [3.8, 4) is 39.9 Å². The van der Waals surface area contributed by atoms with Gasteiger partial charge in [0.05, 0.1) is 30.7 Å². The Morgan fingerprint density at radius 3 is 2.38 bits per heavy atom. The van der Waals surface area contributed by atoms with Crippen LogP contribution in [0.3, 0.4) is 0 Å². The van der Waals surface area contributed by atoms with Gasteiger partial charge in [0.1, 0.15) is 58.3 Å². The van der Waals surface area contributed by atoms with Gasteiger partial charge >= 0.3 is 6.01 Å². The Balaban J connectivity index is 0.689. The average Bonchev–Trinajstić information content (AvgIpc) is 2.42. The van der Waals surface area contributed by atoms with Gasteiger partial charge in [-0.2, -0.15) is 9.97 Å². The van der Waals surface area contributed by atoms with Crippen LogP contribution in [-0.4, -0.2) is 140 Å². The van der Waals surface area contributed by atoms with Gasteiger partial charge in [0.2, 0.25) is 11.8 Å². The number of hydrogen-bond acceptors (Lipinski definition) is 13. The molecule has 4 saturated heterocycles. The highest BCUT2D eigenvalue weighted by Crippen LogP contribution is 2.48. The fourth-order valence-electron chi connectivity index (χ4n) is 14.3. The number of benzene rings is 5. The zero-order chi connectivity index (χ0) is 60.6. The number of phenols is 1. The number of phenolic OH excluding ortho intramolecular Hbond substituents is 1. The number of aryl methyl sites for hydroxylation is 1. The van der Waals surface area contributed by atoms with Gasteiger partial charge in [-0.25, -0.2) is 13.2 Å². The lowest BCUT2D eigenvalue weighted by molar-refractivity contribution is -0.145. The van der Waals surface area contributed by atoms with Gasteiger partial charge in [0.25, 0.3) is 5.91 Å². The number of fused-ring (bicyclic) bond motifs is 5. The summed E-state index contributed by atoms with van der Waals surface area (Å²) in [6, 6.07) is 23.3. The smallest absolute Gasteiger partial charge is 0.319 e. The standard InChI is InChI=1S/C68H74F3N9O7/c1-6-47-54(70)23-20-41-27-44(81)28-50(57(41)47)59-58(71)60-51(30-72-59)62(78-31-42-21-22-43(32-78)74-42)76-66(75-60)86-37-68(24-25-68)36-77-26-10-11-46(34-77)87-56-15-9-13-49-52(56)35-80(64(49)84)61(67(3,4)5)65(85)79-33-45(82)29-55(79)63(83)73-38(2)39-16-18-40(19-17-39)48-12-7-8-14-53(48)69/h7-9,12-20,23,27-28,30,38,42-43,45-46,55,61,74,81-82H,6,10-11,21-22,24-26,29,31-37H2,1-5H3,(H,73,83)/t38-,42?,43?,45+,46-,55-,61+/m0/s1. The summed E-state index contributed by atoms with van der Waals surface area (Å²) < 4.78 is 60.7. The molecular formula is C68H74F3N9O7. The Labute approximate surface area is 504 Å². The molecule has 5 fully saturated rings. The van der Waals surface area contributed by atoms with Gasteiger partial charge < -0.3 is 45.0 Å². The molecule has 454 valence electrons. The van der Waals surface area contributed by atoms with Crippen LogP contribution < -0.4 is 25.0 Å². The number of piperazine rings is 1. The number of likely N-dealkylation sites (tertiary alicyclic amines) is 2. The van der Waals surface area contributed by atoms with Crippen LogP contribution in [0.15, 0.2) is 97.2 Å². The number of aliphatic hydroxyl groups excluding tert-OH is 1. The predicted molar refractivity (Wildman–Crippen MR) is 325 cm³/mol. The summed E-state index contributed by atoms with van der Waals surface area (Å²) in [5.41, 5.74) is 2.75. The largest absolute Gasteiger partial charge is 0.508 e. The Morgan fingerprint density at radius 1 is 0.885 bits per heavy atom. The van der Waals surface area contributed by atoms with Gasteiger partial charge in [-0.3, -0.25) is 24.3 Å². The van der Waals surface area contributed by atoms with E-state index >= 15 is 8.78 Å². The van der Waals surface area contributed by atoms with E-state index < -0.39 is 53.1 Å². The number of carbonyl (C=O) groups excluding carboxylic acids is 3. The van der Waals surface area contributed by atoms with Crippen molar-refractivity contribution < 1.29 is 47.2 Å². The third kappa shape index (κ3) is 11.3. The maximum absolute atomic E-state index is 17.4. The van der Waals surface area contributed by atoms with Gasteiger partial charge in [-0.1, -0.05) is 82.3 Å². The first-order valence-corrected chi connectivity index (χ1v) is 30.7. The van der Waals surface area contributed by atoms with E-state index in [0.717, 1.165) is 57.2 Å². The summed E-state index contributed by atoms with van der Waals surface area (Å²) in [4.78, 5) is 65.7. The Morgan fingerprint density at radius 2 is 1.64 bits per heavy atom. The van der Waals surface area contributed by atoms with Crippen LogP contribution in [0.25, 0.3) is 44.1 Å². The molecule has 87 heavy (non-hydrogen) atoms. The number of anilines is 1. The summed E-state index contributed by atoms with van der Waals surface area (Å²) in [6.45, 7) is 13.3. The van der Waals surface area contributed by atoms with Gasteiger partial charge in [0, 0.05) is 85.1 Å². The first kappa shape index (κ1) is 58.2. The molecule has 7 atom stereocenters. The minimum atomic E-state index is -0.986. The van der Waals surface area contributed by atoms with E-state index in [2.05, 4.69) is 25.4 Å². The molecule has 1 aliphatic carbocycles. The zero-order valence-corrected chi connectivity index (χ0v) is 49.8. The van der Waals surface area contributed by atoms with E-state index in [1.54, 1.807) is 65.7 Å². The molecular weight excluding hydrogens is 1110 g/mol. The second-order valence-corrected chi connectivity index (χ2v) is 26.1. The molecule has 2 aromatic heterocycles. The van der Waals surface area contributed by atoms with Crippen LogP contribution in [0, 0.1) is 28.3 Å². The van der Waals surface area contributed by atoms with Gasteiger partial charge in [-0.05, 0) is 128 Å². The molecule has 5 aromatic carbocycles. The molecule has 6 aliphatic rings. The number of aliphatic hydroxyl groups is 1. The third-order valence-electron chi connectivity index (χ3n) is 18.8.